The molecule has 0 aromatic rings. The highest BCUT2D eigenvalue weighted by Gasteiger charge is 2.34. The van der Waals surface area contributed by atoms with Crippen molar-refractivity contribution in [3.8, 4) is 0 Å². The fraction of sp³-hybridized carbons (Fsp3) is 0.882. The Morgan fingerprint density at radius 2 is 1.78 bits per heavy atom. The zero-order chi connectivity index (χ0) is 17.7. The van der Waals surface area contributed by atoms with E-state index in [1.807, 2.05) is 41.5 Å². The molecule has 1 fully saturated rings. The summed E-state index contributed by atoms with van der Waals surface area (Å²) in [7, 11) is 0. The molecule has 1 saturated heterocycles. The van der Waals surface area contributed by atoms with Crippen LogP contribution in [0.25, 0.3) is 0 Å². The molecule has 134 valence electrons. The third-order valence-corrected chi connectivity index (χ3v) is 3.70. The van der Waals surface area contributed by atoms with Crippen molar-refractivity contribution < 1.29 is 19.1 Å². The minimum absolute atomic E-state index is 0.00907. The van der Waals surface area contributed by atoms with Gasteiger partial charge in [0, 0.05) is 25.6 Å². The predicted octanol–water partition coefficient (Wildman–Crippen LogP) is 2.71. The van der Waals surface area contributed by atoms with Gasteiger partial charge in [0.15, 0.2) is 0 Å². The Morgan fingerprint density at radius 1 is 1.22 bits per heavy atom. The second-order valence-electron chi connectivity index (χ2n) is 7.74. The van der Waals surface area contributed by atoms with Gasteiger partial charge in [-0.15, -0.1) is 0 Å². The minimum atomic E-state index is -0.474. The summed E-state index contributed by atoms with van der Waals surface area (Å²) in [5, 5.41) is 2.85. The largest absolute Gasteiger partial charge is 0.444 e. The van der Waals surface area contributed by atoms with Crippen LogP contribution in [0.1, 0.15) is 60.8 Å². The maximum atomic E-state index is 12.0. The van der Waals surface area contributed by atoms with E-state index >= 15 is 0 Å². The SMILES string of the molecule is CC(C)NC(=O)CCOC1(C)CCN(C(=O)OC(C)(C)C)CC1. The van der Waals surface area contributed by atoms with E-state index < -0.39 is 5.60 Å². The number of carbonyl (C=O) groups excluding carboxylic acids is 2. The lowest BCUT2D eigenvalue weighted by atomic mass is 9.93. The van der Waals surface area contributed by atoms with Gasteiger partial charge >= 0.3 is 6.09 Å². The Labute approximate surface area is 139 Å². The van der Waals surface area contributed by atoms with Crippen LogP contribution < -0.4 is 5.32 Å². The summed E-state index contributed by atoms with van der Waals surface area (Å²) >= 11 is 0. The summed E-state index contributed by atoms with van der Waals surface area (Å²) in [6.07, 6.45) is 1.59. The molecule has 0 aliphatic carbocycles. The lowest BCUT2D eigenvalue weighted by Crippen LogP contribution is -2.48. The number of nitrogens with one attached hydrogen (secondary N) is 1. The van der Waals surface area contributed by atoms with Crippen molar-refractivity contribution in [2.45, 2.75) is 78.0 Å². The number of piperidine rings is 1. The molecule has 0 aromatic carbocycles. The molecule has 6 heteroatoms. The van der Waals surface area contributed by atoms with E-state index in [-0.39, 0.29) is 23.6 Å². The summed E-state index contributed by atoms with van der Waals surface area (Å²) in [6, 6.07) is 0.148. The molecule has 0 spiro atoms. The van der Waals surface area contributed by atoms with E-state index in [0.29, 0.717) is 26.1 Å². The maximum Gasteiger partial charge on any atom is 0.410 e. The van der Waals surface area contributed by atoms with Crippen LogP contribution in [0.4, 0.5) is 4.79 Å². The minimum Gasteiger partial charge on any atom is -0.444 e. The van der Waals surface area contributed by atoms with Gasteiger partial charge in [-0.2, -0.15) is 0 Å². The molecule has 0 aromatic heterocycles. The van der Waals surface area contributed by atoms with Gasteiger partial charge in [0.2, 0.25) is 5.91 Å². The van der Waals surface area contributed by atoms with Crippen LogP contribution >= 0.6 is 0 Å². The normalized spacial score (nSPS) is 18.0. The van der Waals surface area contributed by atoms with Crippen molar-refractivity contribution in [1.29, 1.82) is 0 Å². The summed E-state index contributed by atoms with van der Waals surface area (Å²) in [5.41, 5.74) is -0.755. The Kier molecular flexibility index (Phi) is 6.86. The van der Waals surface area contributed by atoms with Gasteiger partial charge in [-0.05, 0) is 54.4 Å². The molecule has 2 amide bonds. The second kappa shape index (κ2) is 7.99. The molecule has 1 N–H and O–H groups in total. The van der Waals surface area contributed by atoms with Crippen LogP contribution in [0.5, 0.6) is 0 Å². The smallest absolute Gasteiger partial charge is 0.410 e. The van der Waals surface area contributed by atoms with Crippen molar-refractivity contribution in [1.82, 2.24) is 10.2 Å². The first-order chi connectivity index (χ1) is 10.5. The van der Waals surface area contributed by atoms with Gasteiger partial charge in [0.1, 0.15) is 5.60 Å². The van der Waals surface area contributed by atoms with Crippen molar-refractivity contribution >= 4 is 12.0 Å². The van der Waals surface area contributed by atoms with Gasteiger partial charge in [-0.3, -0.25) is 4.79 Å². The number of nitrogens with zero attached hydrogens (tertiary/aromatic N) is 1. The summed E-state index contributed by atoms with van der Waals surface area (Å²) in [4.78, 5) is 25.4. The van der Waals surface area contributed by atoms with Crippen LogP contribution in [-0.4, -0.2) is 53.8 Å². The predicted molar refractivity (Wildman–Crippen MR) is 89.3 cm³/mol. The molecular formula is C17H32N2O4. The van der Waals surface area contributed by atoms with Crippen LogP contribution in [0, 0.1) is 0 Å². The topological polar surface area (TPSA) is 67.9 Å². The first kappa shape index (κ1) is 19.7. The standard InChI is InChI=1S/C17H32N2O4/c1-13(2)18-14(20)7-12-22-17(6)8-10-19(11-9-17)15(21)23-16(3,4)5/h13H,7-12H2,1-6H3,(H,18,20). The number of carbonyl (C=O) groups is 2. The fourth-order valence-electron chi connectivity index (χ4n) is 2.42. The van der Waals surface area contributed by atoms with Crippen LogP contribution in [-0.2, 0) is 14.3 Å². The van der Waals surface area contributed by atoms with Crippen molar-refractivity contribution in [2.24, 2.45) is 0 Å². The van der Waals surface area contributed by atoms with Crippen molar-refractivity contribution in [3.05, 3.63) is 0 Å². The number of hydrogen-bond acceptors (Lipinski definition) is 4. The highest BCUT2D eigenvalue weighted by atomic mass is 16.6. The Balaban J connectivity index is 2.33. The molecule has 1 rings (SSSR count). The van der Waals surface area contributed by atoms with Crippen molar-refractivity contribution in [2.75, 3.05) is 19.7 Å². The highest BCUT2D eigenvalue weighted by Crippen LogP contribution is 2.27. The quantitative estimate of drug-likeness (QED) is 0.842. The average molecular weight is 328 g/mol. The van der Waals surface area contributed by atoms with Gasteiger partial charge in [-0.1, -0.05) is 0 Å². The fourth-order valence-corrected chi connectivity index (χ4v) is 2.42. The number of ether oxygens (including phenoxy) is 2. The Hall–Kier alpha value is -1.30. The third kappa shape index (κ3) is 7.68. The average Bonchev–Trinajstić information content (AvgIpc) is 2.36. The monoisotopic (exact) mass is 328 g/mol. The lowest BCUT2D eigenvalue weighted by Gasteiger charge is -2.39. The van der Waals surface area contributed by atoms with Gasteiger partial charge in [0.05, 0.1) is 12.2 Å². The number of rotatable bonds is 5. The molecular weight excluding hydrogens is 296 g/mol. The van der Waals surface area contributed by atoms with Crippen LogP contribution in [0.3, 0.4) is 0 Å². The van der Waals surface area contributed by atoms with E-state index in [2.05, 4.69) is 5.32 Å². The van der Waals surface area contributed by atoms with Crippen LogP contribution in [0.2, 0.25) is 0 Å². The Morgan fingerprint density at radius 3 is 2.26 bits per heavy atom. The lowest BCUT2D eigenvalue weighted by molar-refractivity contribution is -0.125. The van der Waals surface area contributed by atoms with E-state index in [9.17, 15) is 9.59 Å². The van der Waals surface area contributed by atoms with Gasteiger partial charge in [-0.25, -0.2) is 4.79 Å². The van der Waals surface area contributed by atoms with Gasteiger partial charge in [0.25, 0.3) is 0 Å². The number of amides is 2. The maximum absolute atomic E-state index is 12.0. The van der Waals surface area contributed by atoms with E-state index in [1.54, 1.807) is 4.90 Å². The molecule has 0 saturated carbocycles. The first-order valence-electron chi connectivity index (χ1n) is 8.42. The van der Waals surface area contributed by atoms with Gasteiger partial charge < -0.3 is 19.7 Å². The van der Waals surface area contributed by atoms with Crippen molar-refractivity contribution in [3.63, 3.8) is 0 Å². The first-order valence-corrected chi connectivity index (χ1v) is 8.42. The summed E-state index contributed by atoms with van der Waals surface area (Å²) in [5.74, 6) is 0.00907. The van der Waals surface area contributed by atoms with E-state index in [4.69, 9.17) is 9.47 Å². The van der Waals surface area contributed by atoms with E-state index in [0.717, 1.165) is 12.8 Å². The molecule has 0 radical (unpaired) electrons. The number of hydrogen-bond donors (Lipinski definition) is 1. The Bertz CT molecular complexity index is 407. The zero-order valence-corrected chi connectivity index (χ0v) is 15.4. The molecule has 0 atom stereocenters. The molecule has 0 bridgehead atoms. The van der Waals surface area contributed by atoms with E-state index in [1.165, 1.54) is 0 Å². The molecule has 1 aliphatic rings. The zero-order valence-electron chi connectivity index (χ0n) is 15.4. The second-order valence-corrected chi connectivity index (χ2v) is 7.74. The molecule has 6 nitrogen and oxygen atoms in total. The number of likely N-dealkylation sites (tertiary alicyclic amines) is 1. The molecule has 0 unspecified atom stereocenters. The summed E-state index contributed by atoms with van der Waals surface area (Å²) < 4.78 is 11.3. The molecule has 23 heavy (non-hydrogen) atoms. The third-order valence-electron chi connectivity index (χ3n) is 3.70. The highest BCUT2D eigenvalue weighted by molar-refractivity contribution is 5.76. The molecule has 1 aliphatic heterocycles. The summed E-state index contributed by atoms with van der Waals surface area (Å²) in [6.45, 7) is 13.1. The van der Waals surface area contributed by atoms with Crippen LogP contribution in [0.15, 0.2) is 0 Å². The molecule has 1 heterocycles.